The summed E-state index contributed by atoms with van der Waals surface area (Å²) in [5, 5.41) is 2.27. The second-order valence-corrected chi connectivity index (χ2v) is 7.36. The molecule has 0 aliphatic carbocycles. The molecule has 0 spiro atoms. The third-order valence-electron chi connectivity index (χ3n) is 3.81. The van der Waals surface area contributed by atoms with E-state index >= 15 is 0 Å². The van der Waals surface area contributed by atoms with E-state index in [1.165, 1.54) is 6.20 Å². The standard InChI is InChI=1S/C19H14ClF3N4O2S/c1-10(26-11-3-5-12(29-2)6-4-11)18-25-9-15(30-18)17(28)27-16-7-13(19(21,22)23)14(20)8-24-16/h3-9H,1-2H3,(H,24,27,28). The first-order valence-corrected chi connectivity index (χ1v) is 9.56. The van der Waals surface area contributed by atoms with Crippen LogP contribution in [0.1, 0.15) is 27.2 Å². The monoisotopic (exact) mass is 454 g/mol. The van der Waals surface area contributed by atoms with Crippen molar-refractivity contribution in [1.29, 1.82) is 0 Å². The zero-order valence-electron chi connectivity index (χ0n) is 15.6. The average Bonchev–Trinajstić information content (AvgIpc) is 3.20. The van der Waals surface area contributed by atoms with E-state index in [1.807, 2.05) is 0 Å². The van der Waals surface area contributed by atoms with Crippen LogP contribution in [0.5, 0.6) is 5.75 Å². The van der Waals surface area contributed by atoms with Gasteiger partial charge in [0.15, 0.2) is 0 Å². The van der Waals surface area contributed by atoms with Gasteiger partial charge in [-0.25, -0.2) is 9.97 Å². The Kier molecular flexibility index (Phi) is 6.37. The maximum absolute atomic E-state index is 12.9. The molecule has 0 bridgehead atoms. The van der Waals surface area contributed by atoms with Crippen LogP contribution in [-0.2, 0) is 6.18 Å². The molecule has 11 heteroatoms. The molecule has 2 aromatic heterocycles. The molecule has 0 unspecified atom stereocenters. The Hall–Kier alpha value is -2.98. The fraction of sp³-hybridized carbons (Fsp3) is 0.158. The van der Waals surface area contributed by atoms with Crippen LogP contribution in [0.2, 0.25) is 5.02 Å². The van der Waals surface area contributed by atoms with Gasteiger partial charge in [-0.05, 0) is 37.3 Å². The van der Waals surface area contributed by atoms with Crippen LogP contribution in [0.25, 0.3) is 0 Å². The number of thiazole rings is 1. The topological polar surface area (TPSA) is 76.5 Å². The summed E-state index contributed by atoms with van der Waals surface area (Å²) in [6, 6.07) is 7.75. The number of anilines is 1. The van der Waals surface area contributed by atoms with Crippen LogP contribution in [0.4, 0.5) is 24.7 Å². The molecule has 6 nitrogen and oxygen atoms in total. The fourth-order valence-corrected chi connectivity index (χ4v) is 3.31. The molecule has 1 aromatic carbocycles. The van der Waals surface area contributed by atoms with Crippen LogP contribution in [0.15, 0.2) is 47.7 Å². The Morgan fingerprint density at radius 3 is 2.53 bits per heavy atom. The number of aromatic nitrogens is 2. The Balaban J connectivity index is 1.75. The lowest BCUT2D eigenvalue weighted by atomic mass is 10.2. The Morgan fingerprint density at radius 1 is 1.20 bits per heavy atom. The molecule has 3 aromatic rings. The Labute approximate surface area is 178 Å². The van der Waals surface area contributed by atoms with Crippen LogP contribution >= 0.6 is 22.9 Å². The summed E-state index contributed by atoms with van der Waals surface area (Å²) in [4.78, 5) is 24.9. The van der Waals surface area contributed by atoms with Crippen LogP contribution in [-0.4, -0.2) is 28.7 Å². The summed E-state index contributed by atoms with van der Waals surface area (Å²) in [7, 11) is 1.56. The van der Waals surface area contributed by atoms with Crippen LogP contribution < -0.4 is 10.1 Å². The minimum Gasteiger partial charge on any atom is -0.497 e. The van der Waals surface area contributed by atoms with Gasteiger partial charge in [-0.1, -0.05) is 11.6 Å². The molecule has 30 heavy (non-hydrogen) atoms. The number of carbonyl (C=O) groups excluding carboxylic acids is 1. The number of nitrogens with zero attached hydrogens (tertiary/aromatic N) is 3. The minimum atomic E-state index is -4.66. The van der Waals surface area contributed by atoms with Gasteiger partial charge in [-0.15, -0.1) is 11.3 Å². The molecule has 0 saturated heterocycles. The van der Waals surface area contributed by atoms with E-state index in [2.05, 4.69) is 20.3 Å². The normalized spacial score (nSPS) is 12.0. The summed E-state index contributed by atoms with van der Waals surface area (Å²) >= 11 is 6.59. The third-order valence-corrected chi connectivity index (χ3v) is 5.22. The first-order chi connectivity index (χ1) is 14.2. The number of hydrogen-bond acceptors (Lipinski definition) is 6. The van der Waals surface area contributed by atoms with Crippen molar-refractivity contribution in [2.75, 3.05) is 12.4 Å². The van der Waals surface area contributed by atoms with E-state index < -0.39 is 22.7 Å². The van der Waals surface area contributed by atoms with Gasteiger partial charge in [-0.3, -0.25) is 9.79 Å². The number of halogens is 4. The van der Waals surface area contributed by atoms with E-state index in [0.29, 0.717) is 28.2 Å². The zero-order chi connectivity index (χ0) is 21.9. The maximum atomic E-state index is 12.9. The van der Waals surface area contributed by atoms with Gasteiger partial charge in [0.25, 0.3) is 5.91 Å². The first-order valence-electron chi connectivity index (χ1n) is 8.37. The molecule has 2 heterocycles. The smallest absolute Gasteiger partial charge is 0.418 e. The number of aliphatic imine (C=N–C) groups is 1. The third kappa shape index (κ3) is 5.14. The summed E-state index contributed by atoms with van der Waals surface area (Å²) in [5.74, 6) is -0.210. The molecule has 1 N–H and O–H groups in total. The largest absolute Gasteiger partial charge is 0.497 e. The highest BCUT2D eigenvalue weighted by Gasteiger charge is 2.34. The zero-order valence-corrected chi connectivity index (χ0v) is 17.2. The highest BCUT2D eigenvalue weighted by atomic mass is 35.5. The molecule has 0 radical (unpaired) electrons. The molecule has 0 aliphatic heterocycles. The second kappa shape index (κ2) is 8.80. The maximum Gasteiger partial charge on any atom is 0.418 e. The molecule has 0 saturated carbocycles. The van der Waals surface area contributed by atoms with Crippen molar-refractivity contribution >= 4 is 46.1 Å². The molecule has 156 valence electrons. The quantitative estimate of drug-likeness (QED) is 0.508. The molecular formula is C19H14ClF3N4O2S. The summed E-state index contributed by atoms with van der Waals surface area (Å²) in [5.41, 5.74) is 0.176. The summed E-state index contributed by atoms with van der Waals surface area (Å²) in [6.07, 6.45) is -2.50. The number of carbonyl (C=O) groups is 1. The number of methoxy groups -OCH3 is 1. The number of rotatable bonds is 5. The number of hydrogen-bond donors (Lipinski definition) is 1. The van der Waals surface area contributed by atoms with Gasteiger partial charge in [0.1, 0.15) is 21.5 Å². The van der Waals surface area contributed by atoms with Crippen molar-refractivity contribution in [2.24, 2.45) is 4.99 Å². The van der Waals surface area contributed by atoms with Crippen molar-refractivity contribution in [3.05, 3.63) is 63.2 Å². The Morgan fingerprint density at radius 2 is 1.90 bits per heavy atom. The molecule has 1 amide bonds. The van der Waals surface area contributed by atoms with Gasteiger partial charge >= 0.3 is 6.18 Å². The lowest BCUT2D eigenvalue weighted by Crippen LogP contribution is -2.13. The molecule has 0 atom stereocenters. The Bertz CT molecular complexity index is 1100. The van der Waals surface area contributed by atoms with E-state index in [9.17, 15) is 18.0 Å². The molecular weight excluding hydrogens is 441 g/mol. The molecule has 0 aliphatic rings. The number of amides is 1. The number of nitrogens with one attached hydrogen (secondary N) is 1. The van der Waals surface area contributed by atoms with Crippen LogP contribution in [0, 0.1) is 0 Å². The van der Waals surface area contributed by atoms with Crippen LogP contribution in [0.3, 0.4) is 0 Å². The van der Waals surface area contributed by atoms with Gasteiger partial charge in [0.2, 0.25) is 0 Å². The van der Waals surface area contributed by atoms with E-state index in [1.54, 1.807) is 38.3 Å². The molecule has 0 fully saturated rings. The van der Waals surface area contributed by atoms with Gasteiger partial charge in [-0.2, -0.15) is 13.2 Å². The predicted octanol–water partition coefficient (Wildman–Crippen LogP) is 5.61. The van der Waals surface area contributed by atoms with Crippen molar-refractivity contribution in [1.82, 2.24) is 9.97 Å². The van der Waals surface area contributed by atoms with E-state index in [-0.39, 0.29) is 10.7 Å². The van der Waals surface area contributed by atoms with E-state index in [0.717, 1.165) is 17.5 Å². The minimum absolute atomic E-state index is 0.194. The predicted molar refractivity (Wildman–Crippen MR) is 109 cm³/mol. The molecule has 3 rings (SSSR count). The SMILES string of the molecule is COc1ccc(N=C(C)c2ncc(C(=O)Nc3cc(C(F)(F)F)c(Cl)cn3)s2)cc1. The lowest BCUT2D eigenvalue weighted by Gasteiger charge is -2.10. The highest BCUT2D eigenvalue weighted by Crippen LogP contribution is 2.35. The fourth-order valence-electron chi connectivity index (χ4n) is 2.35. The number of ether oxygens (including phenoxy) is 1. The van der Waals surface area contributed by atoms with Gasteiger partial charge in [0, 0.05) is 6.20 Å². The van der Waals surface area contributed by atoms with Crippen molar-refractivity contribution < 1.29 is 22.7 Å². The second-order valence-electron chi connectivity index (χ2n) is 5.93. The van der Waals surface area contributed by atoms with Crippen molar-refractivity contribution in [3.63, 3.8) is 0 Å². The number of pyridine rings is 1. The number of alkyl halides is 3. The summed E-state index contributed by atoms with van der Waals surface area (Å²) < 4.78 is 43.9. The van der Waals surface area contributed by atoms with Gasteiger partial charge < -0.3 is 10.1 Å². The number of benzene rings is 1. The van der Waals surface area contributed by atoms with Crippen molar-refractivity contribution in [2.45, 2.75) is 13.1 Å². The van der Waals surface area contributed by atoms with E-state index in [4.69, 9.17) is 16.3 Å². The van der Waals surface area contributed by atoms with Crippen molar-refractivity contribution in [3.8, 4) is 5.75 Å². The lowest BCUT2D eigenvalue weighted by molar-refractivity contribution is -0.137. The summed E-state index contributed by atoms with van der Waals surface area (Å²) in [6.45, 7) is 1.74. The highest BCUT2D eigenvalue weighted by molar-refractivity contribution is 7.15. The average molecular weight is 455 g/mol. The first kappa shape index (κ1) is 21.7. The van der Waals surface area contributed by atoms with Gasteiger partial charge in [0.05, 0.1) is 35.3 Å².